The van der Waals surface area contributed by atoms with E-state index >= 15 is 0 Å². The Bertz CT molecular complexity index is 1150. The molecule has 34 heavy (non-hydrogen) atoms. The van der Waals surface area contributed by atoms with Crippen LogP contribution in [0.4, 0.5) is 5.69 Å². The zero-order valence-corrected chi connectivity index (χ0v) is 21.0. The molecule has 2 unspecified atom stereocenters. The van der Waals surface area contributed by atoms with E-state index in [-0.39, 0.29) is 41.7 Å². The third kappa shape index (κ3) is 6.02. The molecule has 1 amide bonds. The number of anilines is 1. The second kappa shape index (κ2) is 10.7. The van der Waals surface area contributed by atoms with Crippen molar-refractivity contribution in [3.8, 4) is 0 Å². The van der Waals surface area contributed by atoms with Gasteiger partial charge in [0.25, 0.3) is 5.91 Å². The molecule has 0 aliphatic carbocycles. The first-order valence-corrected chi connectivity index (χ1v) is 12.7. The van der Waals surface area contributed by atoms with E-state index in [0.29, 0.717) is 5.69 Å². The first kappa shape index (κ1) is 25.9. The van der Waals surface area contributed by atoms with Crippen LogP contribution >= 0.6 is 0 Å². The van der Waals surface area contributed by atoms with Crippen LogP contribution in [0.3, 0.4) is 0 Å². The van der Waals surface area contributed by atoms with E-state index in [1.165, 1.54) is 28.6 Å². The summed E-state index contributed by atoms with van der Waals surface area (Å²) in [5.41, 5.74) is 2.67. The van der Waals surface area contributed by atoms with Crippen molar-refractivity contribution in [1.29, 1.82) is 0 Å². The molecule has 1 aliphatic rings. The highest BCUT2D eigenvalue weighted by Crippen LogP contribution is 2.27. The normalized spacial score (nSPS) is 19.1. The van der Waals surface area contributed by atoms with E-state index < -0.39 is 28.5 Å². The number of nitrogens with one attached hydrogen (secondary N) is 1. The molecule has 1 N–H and O–H groups in total. The van der Waals surface area contributed by atoms with Crippen molar-refractivity contribution in [1.82, 2.24) is 4.31 Å². The summed E-state index contributed by atoms with van der Waals surface area (Å²) in [4.78, 5) is 25.0. The Morgan fingerprint density at radius 1 is 1.12 bits per heavy atom. The number of sulfonamides is 1. The fourth-order valence-electron chi connectivity index (χ4n) is 3.99. The highest BCUT2D eigenvalue weighted by molar-refractivity contribution is 7.89. The predicted octanol–water partition coefficient (Wildman–Crippen LogP) is 3.71. The van der Waals surface area contributed by atoms with Gasteiger partial charge in [-0.3, -0.25) is 4.79 Å². The van der Waals surface area contributed by atoms with Crippen LogP contribution in [0.2, 0.25) is 0 Å². The van der Waals surface area contributed by atoms with Crippen molar-refractivity contribution < 1.29 is 27.5 Å². The first-order valence-electron chi connectivity index (χ1n) is 11.3. The van der Waals surface area contributed by atoms with Gasteiger partial charge in [-0.15, -0.1) is 0 Å². The number of nitrogens with zero attached hydrogens (tertiary/aromatic N) is 1. The van der Waals surface area contributed by atoms with Crippen molar-refractivity contribution in [2.45, 2.75) is 57.6 Å². The monoisotopic (exact) mass is 488 g/mol. The molecule has 0 spiro atoms. The summed E-state index contributed by atoms with van der Waals surface area (Å²) in [5.74, 6) is -1.03. The minimum atomic E-state index is -3.81. The maximum Gasteiger partial charge on any atom is 0.338 e. The molecule has 0 saturated carbocycles. The zero-order chi connectivity index (χ0) is 25.0. The van der Waals surface area contributed by atoms with Gasteiger partial charge in [0.05, 0.1) is 22.7 Å². The maximum absolute atomic E-state index is 13.1. The maximum atomic E-state index is 13.1. The Balaban J connectivity index is 1.68. The van der Waals surface area contributed by atoms with Crippen molar-refractivity contribution in [3.63, 3.8) is 0 Å². The second-order valence-corrected chi connectivity index (χ2v) is 10.9. The SMILES string of the molecule is Cc1cccc(C(C)C)c1NC(=O)COC(=O)c1cccc(S(=O)(=O)N2CC(C)OC(C)C2)c1. The van der Waals surface area contributed by atoms with Gasteiger partial charge in [-0.2, -0.15) is 4.31 Å². The molecule has 184 valence electrons. The molecule has 0 radical (unpaired) electrons. The van der Waals surface area contributed by atoms with Crippen molar-refractivity contribution >= 4 is 27.6 Å². The highest BCUT2D eigenvalue weighted by atomic mass is 32.2. The van der Waals surface area contributed by atoms with Crippen LogP contribution in [0.1, 0.15) is 55.1 Å². The van der Waals surface area contributed by atoms with E-state index in [4.69, 9.17) is 9.47 Å². The number of carbonyl (C=O) groups excluding carboxylic acids is 2. The van der Waals surface area contributed by atoms with Crippen LogP contribution in [-0.4, -0.2) is 56.5 Å². The number of hydrogen-bond donors (Lipinski definition) is 1. The zero-order valence-electron chi connectivity index (χ0n) is 20.2. The minimum Gasteiger partial charge on any atom is -0.452 e. The third-order valence-corrected chi connectivity index (χ3v) is 7.45. The molecule has 0 bridgehead atoms. The van der Waals surface area contributed by atoms with Crippen LogP contribution < -0.4 is 5.32 Å². The van der Waals surface area contributed by atoms with Gasteiger partial charge in [-0.1, -0.05) is 38.1 Å². The number of esters is 1. The van der Waals surface area contributed by atoms with Crippen molar-refractivity contribution in [3.05, 3.63) is 59.2 Å². The summed E-state index contributed by atoms with van der Waals surface area (Å²) in [7, 11) is -3.81. The Morgan fingerprint density at radius 3 is 2.41 bits per heavy atom. The molecule has 3 rings (SSSR count). The van der Waals surface area contributed by atoms with Crippen molar-refractivity contribution in [2.24, 2.45) is 0 Å². The minimum absolute atomic E-state index is 0.00538. The number of rotatable bonds is 7. The van der Waals surface area contributed by atoms with E-state index in [0.717, 1.165) is 11.1 Å². The van der Waals surface area contributed by atoms with Gasteiger partial charge in [0, 0.05) is 18.8 Å². The van der Waals surface area contributed by atoms with E-state index in [1.807, 2.05) is 52.8 Å². The predicted molar refractivity (Wildman–Crippen MR) is 129 cm³/mol. The Labute approximate surface area is 201 Å². The number of ether oxygens (including phenoxy) is 2. The Kier molecular flexibility index (Phi) is 8.12. The van der Waals surface area contributed by atoms with Gasteiger partial charge < -0.3 is 14.8 Å². The largest absolute Gasteiger partial charge is 0.452 e. The van der Waals surface area contributed by atoms with Crippen LogP contribution in [0.15, 0.2) is 47.4 Å². The summed E-state index contributed by atoms with van der Waals surface area (Å²) in [6, 6.07) is 11.4. The van der Waals surface area contributed by atoms with Gasteiger partial charge in [0.15, 0.2) is 6.61 Å². The number of benzene rings is 2. The van der Waals surface area contributed by atoms with Crippen LogP contribution in [-0.2, 0) is 24.3 Å². The highest BCUT2D eigenvalue weighted by Gasteiger charge is 2.32. The molecule has 2 atom stereocenters. The molecular formula is C25H32N2O6S. The van der Waals surface area contributed by atoms with Crippen LogP contribution in [0.5, 0.6) is 0 Å². The van der Waals surface area contributed by atoms with Crippen LogP contribution in [0, 0.1) is 6.92 Å². The van der Waals surface area contributed by atoms with Crippen molar-refractivity contribution in [2.75, 3.05) is 25.0 Å². The average Bonchev–Trinajstić information content (AvgIpc) is 2.78. The average molecular weight is 489 g/mol. The molecule has 1 heterocycles. The summed E-state index contributed by atoms with van der Waals surface area (Å²) in [6.07, 6.45) is -0.454. The number of aryl methyl sites for hydroxylation is 1. The number of amides is 1. The van der Waals surface area contributed by atoms with Gasteiger partial charge in [-0.05, 0) is 56.0 Å². The van der Waals surface area contributed by atoms with E-state index in [2.05, 4.69) is 5.32 Å². The number of hydrogen-bond acceptors (Lipinski definition) is 6. The summed E-state index contributed by atoms with van der Waals surface area (Å²) >= 11 is 0. The van der Waals surface area contributed by atoms with Gasteiger partial charge in [-0.25, -0.2) is 13.2 Å². The standard InChI is InChI=1S/C25H32N2O6S/c1-16(2)22-11-6-8-17(3)24(22)26-23(28)15-32-25(29)20-9-7-10-21(12-20)34(30,31)27-13-18(4)33-19(5)14-27/h6-12,16,18-19H,13-15H2,1-5H3,(H,26,28). The quantitative estimate of drug-likeness (QED) is 0.596. The van der Waals surface area contributed by atoms with Gasteiger partial charge in [0.1, 0.15) is 0 Å². The molecule has 1 aliphatic heterocycles. The molecule has 2 aromatic rings. The number of morpholine rings is 1. The lowest BCUT2D eigenvalue weighted by molar-refractivity contribution is -0.119. The summed E-state index contributed by atoms with van der Waals surface area (Å²) in [6.45, 7) is 9.58. The van der Waals surface area contributed by atoms with E-state index in [9.17, 15) is 18.0 Å². The first-order chi connectivity index (χ1) is 16.0. The molecule has 2 aromatic carbocycles. The van der Waals surface area contributed by atoms with Gasteiger partial charge >= 0.3 is 5.97 Å². The fraction of sp³-hybridized carbons (Fsp3) is 0.440. The van der Waals surface area contributed by atoms with Gasteiger partial charge in [0.2, 0.25) is 10.0 Å². The fourth-order valence-corrected chi connectivity index (χ4v) is 5.63. The molecule has 1 fully saturated rings. The molecule has 1 saturated heterocycles. The number of carbonyl (C=O) groups is 2. The topological polar surface area (TPSA) is 102 Å². The summed E-state index contributed by atoms with van der Waals surface area (Å²) in [5, 5.41) is 2.82. The smallest absolute Gasteiger partial charge is 0.338 e. The van der Waals surface area contributed by atoms with Crippen LogP contribution in [0.25, 0.3) is 0 Å². The molecule has 9 heteroatoms. The molecular weight excluding hydrogens is 456 g/mol. The lowest BCUT2D eigenvalue weighted by Crippen LogP contribution is -2.48. The molecule has 8 nitrogen and oxygen atoms in total. The Hall–Kier alpha value is -2.75. The lowest BCUT2D eigenvalue weighted by Gasteiger charge is -2.34. The third-order valence-electron chi connectivity index (χ3n) is 5.62. The second-order valence-electron chi connectivity index (χ2n) is 8.93. The van der Waals surface area contributed by atoms with E-state index in [1.54, 1.807) is 0 Å². The summed E-state index contributed by atoms with van der Waals surface area (Å²) < 4.78 is 38.3. The Morgan fingerprint density at radius 2 is 1.76 bits per heavy atom. The molecule has 0 aromatic heterocycles. The lowest BCUT2D eigenvalue weighted by atomic mass is 9.98. The number of para-hydroxylation sites is 1.